The quantitative estimate of drug-likeness (QED) is 0.577. The average molecular weight is 429 g/mol. The van der Waals surface area contributed by atoms with E-state index in [0.29, 0.717) is 21.8 Å². The van der Waals surface area contributed by atoms with Gasteiger partial charge in [0.1, 0.15) is 0 Å². The monoisotopic (exact) mass is 428 g/mol. The van der Waals surface area contributed by atoms with Gasteiger partial charge < -0.3 is 5.32 Å². The highest BCUT2D eigenvalue weighted by atomic mass is 35.5. The minimum Gasteiger partial charge on any atom is -0.322 e. The number of aryl methyl sites for hydroxylation is 2. The lowest BCUT2D eigenvalue weighted by molar-refractivity contribution is 0.102. The highest BCUT2D eigenvalue weighted by Crippen LogP contribution is 2.23. The molecule has 3 aromatic carbocycles. The molecule has 0 fully saturated rings. The number of hydrogen-bond donors (Lipinski definition) is 2. The van der Waals surface area contributed by atoms with Gasteiger partial charge in [-0.05, 0) is 86.0 Å². The second-order valence-electron chi connectivity index (χ2n) is 6.79. The molecule has 29 heavy (non-hydrogen) atoms. The normalized spacial score (nSPS) is 11.2. The van der Waals surface area contributed by atoms with Gasteiger partial charge in [-0.25, -0.2) is 8.42 Å². The number of carbonyl (C=O) groups excluding carboxylic acids is 1. The summed E-state index contributed by atoms with van der Waals surface area (Å²) in [7, 11) is -3.75. The van der Waals surface area contributed by atoms with E-state index in [1.807, 2.05) is 32.0 Å². The maximum atomic E-state index is 12.6. The summed E-state index contributed by atoms with van der Waals surface area (Å²) in [5.74, 6) is -0.256. The molecule has 0 atom stereocenters. The number of hydrogen-bond acceptors (Lipinski definition) is 3. The predicted octanol–water partition coefficient (Wildman–Crippen LogP) is 5.32. The van der Waals surface area contributed by atoms with Crippen molar-refractivity contribution in [2.75, 3.05) is 10.0 Å². The van der Waals surface area contributed by atoms with Crippen LogP contribution in [0.4, 0.5) is 11.4 Å². The van der Waals surface area contributed by atoms with Crippen LogP contribution in [0.25, 0.3) is 0 Å². The van der Waals surface area contributed by atoms with Crippen molar-refractivity contribution in [2.45, 2.75) is 25.7 Å². The van der Waals surface area contributed by atoms with E-state index < -0.39 is 10.0 Å². The van der Waals surface area contributed by atoms with Gasteiger partial charge in [-0.15, -0.1) is 0 Å². The molecular formula is C22H21ClN2O3S. The Kier molecular flexibility index (Phi) is 5.96. The summed E-state index contributed by atoms with van der Waals surface area (Å²) in [4.78, 5) is 12.7. The third-order valence-corrected chi connectivity index (χ3v) is 6.34. The Labute approximate surface area is 175 Å². The maximum absolute atomic E-state index is 12.6. The molecule has 5 nitrogen and oxygen atoms in total. The van der Waals surface area contributed by atoms with Crippen molar-refractivity contribution in [1.82, 2.24) is 0 Å². The Morgan fingerprint density at radius 2 is 1.55 bits per heavy atom. The molecule has 2 N–H and O–H groups in total. The van der Waals surface area contributed by atoms with E-state index in [0.717, 1.165) is 16.8 Å². The molecule has 0 spiro atoms. The number of benzene rings is 3. The van der Waals surface area contributed by atoms with Crippen LogP contribution in [0.15, 0.2) is 65.6 Å². The lowest BCUT2D eigenvalue weighted by atomic mass is 10.1. The predicted molar refractivity (Wildman–Crippen MR) is 117 cm³/mol. The van der Waals surface area contributed by atoms with Crippen LogP contribution in [0.5, 0.6) is 0 Å². The Hall–Kier alpha value is -2.83. The summed E-state index contributed by atoms with van der Waals surface area (Å²) >= 11 is 5.82. The van der Waals surface area contributed by atoms with Crippen molar-refractivity contribution in [1.29, 1.82) is 0 Å². The van der Waals surface area contributed by atoms with Crippen LogP contribution in [0.2, 0.25) is 5.02 Å². The number of rotatable bonds is 5. The molecule has 3 rings (SSSR count). The van der Waals surface area contributed by atoms with Gasteiger partial charge in [0.2, 0.25) is 0 Å². The van der Waals surface area contributed by atoms with Gasteiger partial charge >= 0.3 is 0 Å². The van der Waals surface area contributed by atoms with Gasteiger partial charge in [0.05, 0.1) is 10.6 Å². The lowest BCUT2D eigenvalue weighted by Crippen LogP contribution is -2.15. The van der Waals surface area contributed by atoms with Crippen LogP contribution < -0.4 is 10.0 Å². The second kappa shape index (κ2) is 8.27. The van der Waals surface area contributed by atoms with Gasteiger partial charge in [0, 0.05) is 16.3 Å². The Morgan fingerprint density at radius 1 is 0.862 bits per heavy atom. The minimum absolute atomic E-state index is 0.109. The summed E-state index contributed by atoms with van der Waals surface area (Å²) in [6, 6.07) is 16.5. The molecule has 1 amide bonds. The van der Waals surface area contributed by atoms with Crippen molar-refractivity contribution in [2.24, 2.45) is 0 Å². The molecule has 0 aliphatic carbocycles. The molecule has 7 heteroatoms. The third kappa shape index (κ3) is 4.78. The summed E-state index contributed by atoms with van der Waals surface area (Å²) in [6.07, 6.45) is 0. The lowest BCUT2D eigenvalue weighted by Gasteiger charge is -2.13. The molecule has 0 bridgehead atoms. The molecule has 0 aliphatic heterocycles. The van der Waals surface area contributed by atoms with E-state index >= 15 is 0 Å². The summed E-state index contributed by atoms with van der Waals surface area (Å²) in [5, 5.41) is 3.36. The first-order chi connectivity index (χ1) is 13.7. The van der Waals surface area contributed by atoms with Gasteiger partial charge in [-0.2, -0.15) is 0 Å². The SMILES string of the molecule is Cc1cc(C(=O)Nc2cccc(C)c2C)ccc1NS(=O)(=O)c1ccc(Cl)cc1. The molecule has 0 saturated heterocycles. The van der Waals surface area contributed by atoms with Crippen LogP contribution in [0, 0.1) is 20.8 Å². The molecule has 0 heterocycles. The van der Waals surface area contributed by atoms with Crippen molar-refractivity contribution in [3.05, 3.63) is 87.9 Å². The second-order valence-corrected chi connectivity index (χ2v) is 8.91. The largest absolute Gasteiger partial charge is 0.322 e. The first kappa shape index (κ1) is 20.9. The molecule has 150 valence electrons. The van der Waals surface area contributed by atoms with Gasteiger partial charge in [0.15, 0.2) is 0 Å². The third-order valence-electron chi connectivity index (χ3n) is 4.71. The summed E-state index contributed by atoms with van der Waals surface area (Å²) in [6.45, 7) is 5.68. The number of nitrogens with one attached hydrogen (secondary N) is 2. The molecule has 0 aromatic heterocycles. The van der Waals surface area contributed by atoms with Crippen LogP contribution in [-0.4, -0.2) is 14.3 Å². The maximum Gasteiger partial charge on any atom is 0.261 e. The van der Waals surface area contributed by atoms with E-state index in [2.05, 4.69) is 10.0 Å². The number of halogens is 1. The molecule has 0 aliphatic rings. The molecular weight excluding hydrogens is 408 g/mol. The fraction of sp³-hybridized carbons (Fsp3) is 0.136. The smallest absolute Gasteiger partial charge is 0.261 e. The first-order valence-corrected chi connectivity index (χ1v) is 10.8. The molecule has 0 unspecified atom stereocenters. The number of amides is 1. The van der Waals surface area contributed by atoms with Gasteiger partial charge in [-0.1, -0.05) is 23.7 Å². The zero-order valence-electron chi connectivity index (χ0n) is 16.3. The van der Waals surface area contributed by atoms with Crippen molar-refractivity contribution >= 4 is 38.9 Å². The Bertz CT molecular complexity index is 1170. The van der Waals surface area contributed by atoms with Crippen LogP contribution in [0.3, 0.4) is 0 Å². The number of carbonyl (C=O) groups is 1. The standard InChI is InChI=1S/C22H21ClN2O3S/c1-14-5-4-6-21(16(14)3)24-22(26)17-7-12-20(15(2)13-17)25-29(27,28)19-10-8-18(23)9-11-19/h4-13,25H,1-3H3,(H,24,26). The molecule has 0 radical (unpaired) electrons. The van der Waals surface area contributed by atoms with E-state index in [1.165, 1.54) is 24.3 Å². The van der Waals surface area contributed by atoms with E-state index in [9.17, 15) is 13.2 Å². The first-order valence-electron chi connectivity index (χ1n) is 8.94. The van der Waals surface area contributed by atoms with Crippen LogP contribution in [-0.2, 0) is 10.0 Å². The Balaban J connectivity index is 1.80. The van der Waals surface area contributed by atoms with Crippen LogP contribution in [0.1, 0.15) is 27.0 Å². The van der Waals surface area contributed by atoms with Crippen molar-refractivity contribution in [3.8, 4) is 0 Å². The fourth-order valence-electron chi connectivity index (χ4n) is 2.82. The zero-order valence-corrected chi connectivity index (χ0v) is 17.9. The minimum atomic E-state index is -3.75. The summed E-state index contributed by atoms with van der Waals surface area (Å²) < 4.78 is 27.7. The molecule has 0 saturated carbocycles. The van der Waals surface area contributed by atoms with Crippen molar-refractivity contribution < 1.29 is 13.2 Å². The van der Waals surface area contributed by atoms with E-state index in [1.54, 1.807) is 25.1 Å². The average Bonchev–Trinajstić information content (AvgIpc) is 2.67. The highest BCUT2D eigenvalue weighted by Gasteiger charge is 2.16. The van der Waals surface area contributed by atoms with Gasteiger partial charge in [0.25, 0.3) is 15.9 Å². The van der Waals surface area contributed by atoms with Crippen molar-refractivity contribution in [3.63, 3.8) is 0 Å². The fourth-order valence-corrected chi connectivity index (χ4v) is 4.07. The number of anilines is 2. The number of sulfonamides is 1. The van der Waals surface area contributed by atoms with Gasteiger partial charge in [-0.3, -0.25) is 9.52 Å². The Morgan fingerprint density at radius 3 is 2.21 bits per heavy atom. The zero-order chi connectivity index (χ0) is 21.2. The highest BCUT2D eigenvalue weighted by molar-refractivity contribution is 7.92. The van der Waals surface area contributed by atoms with E-state index in [4.69, 9.17) is 11.6 Å². The summed E-state index contributed by atoms with van der Waals surface area (Å²) in [5.41, 5.74) is 4.33. The molecule has 3 aromatic rings. The topological polar surface area (TPSA) is 75.3 Å². The van der Waals surface area contributed by atoms with Crippen LogP contribution >= 0.6 is 11.6 Å². The van der Waals surface area contributed by atoms with E-state index in [-0.39, 0.29) is 10.8 Å².